The van der Waals surface area contributed by atoms with Gasteiger partial charge in [0.05, 0.1) is 16.9 Å². The Morgan fingerprint density at radius 1 is 1.13 bits per heavy atom. The number of benzene rings is 2. The summed E-state index contributed by atoms with van der Waals surface area (Å²) >= 11 is 0. The number of nitrogens with one attached hydrogen (secondary N) is 1. The summed E-state index contributed by atoms with van der Waals surface area (Å²) in [7, 11) is -2.59. The molecule has 2 saturated carbocycles. The Morgan fingerprint density at radius 2 is 1.89 bits per heavy atom. The highest BCUT2D eigenvalue weighted by atomic mass is 32.2. The van der Waals surface area contributed by atoms with Crippen molar-refractivity contribution in [3.05, 3.63) is 81.9 Å². The van der Waals surface area contributed by atoms with Gasteiger partial charge in [0.25, 0.3) is 5.69 Å². The van der Waals surface area contributed by atoms with E-state index in [4.69, 9.17) is 0 Å². The Morgan fingerprint density at radius 3 is 2.63 bits per heavy atom. The summed E-state index contributed by atoms with van der Waals surface area (Å²) in [6.45, 7) is 0. The lowest BCUT2D eigenvalue weighted by atomic mass is 9.83. The van der Waals surface area contributed by atoms with E-state index >= 15 is 0 Å². The number of allylic oxidation sites excluding steroid dienone is 2. The first-order chi connectivity index (χ1) is 18.3. The predicted octanol–water partition coefficient (Wildman–Crippen LogP) is 4.98. The minimum Gasteiger partial charge on any atom is -0.469 e. The van der Waals surface area contributed by atoms with Crippen molar-refractivity contribution in [1.82, 2.24) is 4.72 Å². The fourth-order valence-corrected chi connectivity index (χ4v) is 6.99. The van der Waals surface area contributed by atoms with Crippen LogP contribution in [0.25, 0.3) is 0 Å². The van der Waals surface area contributed by atoms with Crippen molar-refractivity contribution in [2.24, 2.45) is 17.8 Å². The van der Waals surface area contributed by atoms with E-state index in [0.29, 0.717) is 24.3 Å². The van der Waals surface area contributed by atoms with Crippen LogP contribution < -0.4 is 4.72 Å². The zero-order chi connectivity index (χ0) is 27.1. The molecule has 1 N–H and O–H groups in total. The molecule has 4 rings (SSSR count). The number of ether oxygens (including phenoxy) is 1. The molecule has 8 nitrogen and oxygen atoms in total. The molecular weight excluding hydrogens is 504 g/mol. The van der Waals surface area contributed by atoms with Crippen LogP contribution in [0.15, 0.2) is 65.6 Å². The molecule has 2 aliphatic rings. The summed E-state index contributed by atoms with van der Waals surface area (Å²) < 4.78 is 34.2. The van der Waals surface area contributed by atoms with Crippen molar-refractivity contribution >= 4 is 21.7 Å². The maximum absolute atomic E-state index is 13.4. The van der Waals surface area contributed by atoms with Crippen LogP contribution >= 0.6 is 0 Å². The summed E-state index contributed by atoms with van der Waals surface area (Å²) in [5, 5.41) is 11.8. The molecule has 0 radical (unpaired) electrons. The molecule has 0 aliphatic heterocycles. The third-order valence-electron chi connectivity index (χ3n) is 7.53. The Labute approximate surface area is 223 Å². The van der Waals surface area contributed by atoms with Crippen LogP contribution in [0.2, 0.25) is 0 Å². The number of methoxy groups -OCH3 is 1. The first-order valence-corrected chi connectivity index (χ1v) is 14.4. The quantitative estimate of drug-likeness (QED) is 0.114. The van der Waals surface area contributed by atoms with Gasteiger partial charge in [0.1, 0.15) is 5.56 Å². The molecule has 0 spiro atoms. The summed E-state index contributed by atoms with van der Waals surface area (Å²) in [6, 6.07) is 12.8. The molecule has 2 fully saturated rings. The van der Waals surface area contributed by atoms with Gasteiger partial charge >= 0.3 is 5.97 Å². The Bertz CT molecular complexity index is 1360. The van der Waals surface area contributed by atoms with E-state index in [0.717, 1.165) is 38.2 Å². The standard InChI is InChI=1S/C29H32N2O6S/c1-37-28(32)12-8-3-2-7-11-26-23-15-16-24(19-23)29(26)30-38(35,36)25-18-17-22(27(20-25)31(33)34)14-13-21-9-5-4-6-10-21/h2,4-7,9-10,17-18,20,23-24,26,29-30H,3,8,11-12,15-16,19H2,1H3/b7-2-/t23-,24+,26+,29+/m0/s1. The van der Waals surface area contributed by atoms with Crippen molar-refractivity contribution < 1.29 is 22.9 Å². The number of esters is 1. The van der Waals surface area contributed by atoms with Crippen molar-refractivity contribution in [1.29, 1.82) is 0 Å². The second-order valence-electron chi connectivity index (χ2n) is 9.87. The molecule has 0 amide bonds. The lowest BCUT2D eigenvalue weighted by Crippen LogP contribution is -2.43. The van der Waals surface area contributed by atoms with Crippen LogP contribution in [0.4, 0.5) is 5.69 Å². The van der Waals surface area contributed by atoms with E-state index in [-0.39, 0.29) is 40.0 Å². The van der Waals surface area contributed by atoms with Gasteiger partial charge in [0.15, 0.2) is 0 Å². The van der Waals surface area contributed by atoms with Gasteiger partial charge in [-0.3, -0.25) is 14.9 Å². The molecule has 2 bridgehead atoms. The fourth-order valence-electron chi connectivity index (χ4n) is 5.61. The largest absolute Gasteiger partial charge is 0.469 e. The molecule has 0 saturated heterocycles. The third-order valence-corrected chi connectivity index (χ3v) is 8.98. The van der Waals surface area contributed by atoms with Gasteiger partial charge in [-0.15, -0.1) is 0 Å². The average molecular weight is 537 g/mol. The van der Waals surface area contributed by atoms with E-state index in [1.807, 2.05) is 24.3 Å². The maximum Gasteiger partial charge on any atom is 0.305 e. The van der Waals surface area contributed by atoms with Gasteiger partial charge in [-0.25, -0.2) is 13.1 Å². The number of rotatable bonds is 10. The summed E-state index contributed by atoms with van der Waals surface area (Å²) in [5.41, 5.74) is 0.531. The zero-order valence-electron chi connectivity index (χ0n) is 21.3. The molecule has 0 unspecified atom stereocenters. The van der Waals surface area contributed by atoms with Crippen molar-refractivity contribution in [3.8, 4) is 11.8 Å². The van der Waals surface area contributed by atoms with E-state index in [2.05, 4.69) is 27.4 Å². The maximum atomic E-state index is 13.4. The van der Waals surface area contributed by atoms with E-state index in [1.54, 1.807) is 12.1 Å². The molecule has 9 heteroatoms. The average Bonchev–Trinajstić information content (AvgIpc) is 3.52. The highest BCUT2D eigenvalue weighted by Crippen LogP contribution is 2.50. The highest BCUT2D eigenvalue weighted by Gasteiger charge is 2.48. The van der Waals surface area contributed by atoms with Gasteiger partial charge in [0.2, 0.25) is 10.0 Å². The topological polar surface area (TPSA) is 116 Å². The van der Waals surface area contributed by atoms with E-state index < -0.39 is 14.9 Å². The van der Waals surface area contributed by atoms with Crippen molar-refractivity contribution in [3.63, 3.8) is 0 Å². The second kappa shape index (κ2) is 12.4. The molecular formula is C29H32N2O6S. The van der Waals surface area contributed by atoms with Crippen LogP contribution in [-0.4, -0.2) is 32.5 Å². The fraction of sp³-hybridized carbons (Fsp3) is 0.414. The molecule has 38 heavy (non-hydrogen) atoms. The number of carbonyl (C=O) groups excluding carboxylic acids is 1. The number of carbonyl (C=O) groups is 1. The van der Waals surface area contributed by atoms with Crippen LogP contribution in [0.1, 0.15) is 56.1 Å². The monoisotopic (exact) mass is 536 g/mol. The zero-order valence-corrected chi connectivity index (χ0v) is 22.2. The minimum atomic E-state index is -3.97. The number of nitrogens with zero attached hydrogens (tertiary/aromatic N) is 1. The Hall–Kier alpha value is -3.48. The molecule has 0 aromatic heterocycles. The third kappa shape index (κ3) is 6.69. The number of fused-ring (bicyclic) bond motifs is 2. The van der Waals surface area contributed by atoms with Crippen LogP contribution in [0.3, 0.4) is 0 Å². The first kappa shape index (κ1) is 27.6. The van der Waals surface area contributed by atoms with Gasteiger partial charge in [0, 0.05) is 24.1 Å². The number of nitro benzene ring substituents is 1. The number of unbranched alkanes of at least 4 members (excludes halogenated alkanes) is 1. The molecule has 200 valence electrons. The number of hydrogen-bond acceptors (Lipinski definition) is 6. The summed E-state index contributed by atoms with van der Waals surface area (Å²) in [6.07, 6.45) is 9.77. The van der Waals surface area contributed by atoms with Crippen LogP contribution in [-0.2, 0) is 19.6 Å². The normalized spacial score (nSPS) is 22.2. The van der Waals surface area contributed by atoms with Crippen molar-refractivity contribution in [2.45, 2.75) is 55.9 Å². The second-order valence-corrected chi connectivity index (χ2v) is 11.6. The molecule has 2 aromatic rings. The van der Waals surface area contributed by atoms with Gasteiger partial charge in [-0.1, -0.05) is 42.2 Å². The number of sulfonamides is 1. The predicted molar refractivity (Wildman–Crippen MR) is 144 cm³/mol. The Kier molecular flexibility index (Phi) is 8.97. The van der Waals surface area contributed by atoms with Gasteiger partial charge in [-0.05, 0) is 80.5 Å². The number of hydrogen-bond donors (Lipinski definition) is 1. The van der Waals surface area contributed by atoms with Crippen molar-refractivity contribution in [2.75, 3.05) is 7.11 Å². The van der Waals surface area contributed by atoms with E-state index in [9.17, 15) is 23.3 Å². The Balaban J connectivity index is 1.47. The lowest BCUT2D eigenvalue weighted by molar-refractivity contribution is -0.385. The van der Waals surface area contributed by atoms with Gasteiger partial charge in [-0.2, -0.15) is 0 Å². The highest BCUT2D eigenvalue weighted by molar-refractivity contribution is 7.89. The number of nitro groups is 1. The molecule has 4 atom stereocenters. The molecule has 0 heterocycles. The van der Waals surface area contributed by atoms with Gasteiger partial charge < -0.3 is 4.74 Å². The van der Waals surface area contributed by atoms with Crippen LogP contribution in [0, 0.1) is 39.7 Å². The smallest absolute Gasteiger partial charge is 0.305 e. The summed E-state index contributed by atoms with van der Waals surface area (Å²) in [4.78, 5) is 22.3. The minimum absolute atomic E-state index is 0.130. The SMILES string of the molecule is COC(=O)CCC/C=C\C[C@@H]1[C@H]2CC[C@H](C2)[C@H]1NS(=O)(=O)c1ccc(C#Cc2ccccc2)c([N+](=O)[O-])c1. The first-order valence-electron chi connectivity index (χ1n) is 12.9. The van der Waals surface area contributed by atoms with Crippen LogP contribution in [0.5, 0.6) is 0 Å². The molecule has 2 aromatic carbocycles. The molecule has 2 aliphatic carbocycles. The summed E-state index contributed by atoms with van der Waals surface area (Å²) in [5.74, 6) is 6.35. The van der Waals surface area contributed by atoms with E-state index in [1.165, 1.54) is 19.2 Å². The lowest BCUT2D eigenvalue weighted by Gasteiger charge is -2.31.